The Labute approximate surface area is 109 Å². The van der Waals surface area contributed by atoms with Gasteiger partial charge in [-0.05, 0) is 43.4 Å². The lowest BCUT2D eigenvalue weighted by Crippen LogP contribution is -2.27. The van der Waals surface area contributed by atoms with Crippen LogP contribution < -0.4 is 0 Å². The molecule has 2 heteroatoms. The molecule has 0 amide bonds. The van der Waals surface area contributed by atoms with Gasteiger partial charge in [-0.2, -0.15) is 0 Å². The van der Waals surface area contributed by atoms with Crippen LogP contribution in [-0.4, -0.2) is 10.7 Å². The first-order valence-corrected chi connectivity index (χ1v) is 7.02. The summed E-state index contributed by atoms with van der Waals surface area (Å²) in [5.74, 6) is 0.572. The molecule has 1 aliphatic carbocycles. The van der Waals surface area contributed by atoms with Crippen LogP contribution in [0.3, 0.4) is 0 Å². The zero-order valence-electron chi connectivity index (χ0n) is 11.2. The van der Waals surface area contributed by atoms with Gasteiger partial charge in [0.2, 0.25) is 0 Å². The van der Waals surface area contributed by atoms with Crippen LogP contribution >= 0.6 is 0 Å². The summed E-state index contributed by atoms with van der Waals surface area (Å²) >= 11 is 0. The molecule has 0 aromatic heterocycles. The maximum atomic E-state index is 13.1. The van der Waals surface area contributed by atoms with Crippen LogP contribution in [-0.2, 0) is 6.42 Å². The highest BCUT2D eigenvalue weighted by molar-refractivity contribution is 5.18. The maximum absolute atomic E-state index is 13.1. The summed E-state index contributed by atoms with van der Waals surface area (Å²) in [4.78, 5) is 0. The Morgan fingerprint density at radius 3 is 2.72 bits per heavy atom. The largest absolute Gasteiger partial charge is 0.390 e. The number of benzene rings is 1. The summed E-state index contributed by atoms with van der Waals surface area (Å²) in [6, 6.07) is 6.55. The Bertz CT molecular complexity index is 380. The quantitative estimate of drug-likeness (QED) is 0.834. The topological polar surface area (TPSA) is 20.2 Å². The Kier molecular flexibility index (Phi) is 4.39. The molecular formula is C16H23FO. The number of rotatable bonds is 5. The fourth-order valence-corrected chi connectivity index (χ4v) is 2.99. The van der Waals surface area contributed by atoms with Gasteiger partial charge in [0, 0.05) is 6.42 Å². The third kappa shape index (κ3) is 4.09. The first-order chi connectivity index (χ1) is 8.55. The highest BCUT2D eigenvalue weighted by Crippen LogP contribution is 2.31. The number of halogens is 1. The third-order valence-electron chi connectivity index (χ3n) is 4.04. The van der Waals surface area contributed by atoms with Gasteiger partial charge in [-0.3, -0.25) is 0 Å². The zero-order valence-corrected chi connectivity index (χ0v) is 11.2. The summed E-state index contributed by atoms with van der Waals surface area (Å²) in [7, 11) is 0. The van der Waals surface area contributed by atoms with Crippen molar-refractivity contribution < 1.29 is 9.50 Å². The van der Waals surface area contributed by atoms with E-state index in [2.05, 4.69) is 0 Å². The normalized spacial score (nSPS) is 19.9. The lowest BCUT2D eigenvalue weighted by Gasteiger charge is -2.25. The molecule has 0 heterocycles. The number of hydrogen-bond acceptors (Lipinski definition) is 1. The number of aliphatic hydroxyl groups is 1. The summed E-state index contributed by atoms with van der Waals surface area (Å²) in [6.45, 7) is 1.87. The van der Waals surface area contributed by atoms with Crippen molar-refractivity contribution in [3.8, 4) is 0 Å². The van der Waals surface area contributed by atoms with E-state index in [0.717, 1.165) is 24.3 Å². The van der Waals surface area contributed by atoms with Crippen LogP contribution in [0.15, 0.2) is 24.3 Å². The lowest BCUT2D eigenvalue weighted by atomic mass is 9.88. The van der Waals surface area contributed by atoms with Gasteiger partial charge in [0.25, 0.3) is 0 Å². The Balaban J connectivity index is 1.85. The van der Waals surface area contributed by atoms with Crippen LogP contribution in [0.4, 0.5) is 4.39 Å². The average Bonchev–Trinajstić information content (AvgIpc) is 2.78. The summed E-state index contributed by atoms with van der Waals surface area (Å²) in [5.41, 5.74) is 0.169. The van der Waals surface area contributed by atoms with Crippen molar-refractivity contribution in [1.82, 2.24) is 0 Å². The van der Waals surface area contributed by atoms with E-state index in [-0.39, 0.29) is 5.82 Å². The van der Waals surface area contributed by atoms with Crippen molar-refractivity contribution in [2.75, 3.05) is 0 Å². The molecule has 100 valence electrons. The van der Waals surface area contributed by atoms with E-state index in [1.807, 2.05) is 13.0 Å². The zero-order chi connectivity index (χ0) is 13.0. The van der Waals surface area contributed by atoms with E-state index in [9.17, 15) is 9.50 Å². The summed E-state index contributed by atoms with van der Waals surface area (Å²) in [5, 5.41) is 10.4. The fraction of sp³-hybridized carbons (Fsp3) is 0.625. The van der Waals surface area contributed by atoms with Gasteiger partial charge < -0.3 is 5.11 Å². The van der Waals surface area contributed by atoms with Crippen LogP contribution in [0.25, 0.3) is 0 Å². The SMILES string of the molecule is CC(O)(CCC1CCCC1)Cc1cccc(F)c1. The highest BCUT2D eigenvalue weighted by atomic mass is 19.1. The van der Waals surface area contributed by atoms with E-state index in [1.165, 1.54) is 37.8 Å². The Morgan fingerprint density at radius 1 is 1.33 bits per heavy atom. The second-order valence-electron chi connectivity index (χ2n) is 5.99. The van der Waals surface area contributed by atoms with E-state index >= 15 is 0 Å². The predicted octanol–water partition coefficient (Wildman–Crippen LogP) is 4.09. The predicted molar refractivity (Wildman–Crippen MR) is 71.9 cm³/mol. The van der Waals surface area contributed by atoms with Crippen molar-refractivity contribution in [2.24, 2.45) is 5.92 Å². The molecule has 0 spiro atoms. The van der Waals surface area contributed by atoms with Gasteiger partial charge in [0.1, 0.15) is 5.82 Å². The molecule has 2 rings (SSSR count). The molecular weight excluding hydrogens is 227 g/mol. The minimum absolute atomic E-state index is 0.223. The van der Waals surface area contributed by atoms with Gasteiger partial charge in [-0.1, -0.05) is 37.8 Å². The van der Waals surface area contributed by atoms with Crippen LogP contribution in [0.5, 0.6) is 0 Å². The molecule has 1 saturated carbocycles. The van der Waals surface area contributed by atoms with Crippen molar-refractivity contribution in [1.29, 1.82) is 0 Å². The van der Waals surface area contributed by atoms with Crippen molar-refractivity contribution in [3.05, 3.63) is 35.6 Å². The maximum Gasteiger partial charge on any atom is 0.123 e. The van der Waals surface area contributed by atoms with E-state index in [4.69, 9.17) is 0 Å². The standard InChI is InChI=1S/C16H23FO/c1-16(18,10-9-13-5-2-3-6-13)12-14-7-4-8-15(17)11-14/h4,7-8,11,13,18H,2-3,5-6,9-10,12H2,1H3. The fourth-order valence-electron chi connectivity index (χ4n) is 2.99. The molecule has 0 saturated heterocycles. The van der Waals surface area contributed by atoms with Crippen LogP contribution in [0.1, 0.15) is 51.0 Å². The molecule has 18 heavy (non-hydrogen) atoms. The molecule has 0 radical (unpaired) electrons. The second-order valence-corrected chi connectivity index (χ2v) is 5.99. The van der Waals surface area contributed by atoms with Gasteiger partial charge >= 0.3 is 0 Å². The third-order valence-corrected chi connectivity index (χ3v) is 4.04. The Hall–Kier alpha value is -0.890. The molecule has 1 aromatic carbocycles. The first kappa shape index (κ1) is 13.5. The van der Waals surface area contributed by atoms with Gasteiger partial charge in [-0.25, -0.2) is 4.39 Å². The van der Waals surface area contributed by atoms with Gasteiger partial charge in [-0.15, -0.1) is 0 Å². The molecule has 1 aromatic rings. The molecule has 1 N–H and O–H groups in total. The number of hydrogen-bond donors (Lipinski definition) is 1. The van der Waals surface area contributed by atoms with Gasteiger partial charge in [0.05, 0.1) is 5.60 Å². The van der Waals surface area contributed by atoms with Crippen molar-refractivity contribution in [2.45, 2.75) is 57.5 Å². The minimum atomic E-state index is -0.712. The summed E-state index contributed by atoms with van der Waals surface area (Å²) < 4.78 is 13.1. The van der Waals surface area contributed by atoms with E-state index in [1.54, 1.807) is 6.07 Å². The van der Waals surface area contributed by atoms with E-state index < -0.39 is 5.60 Å². The molecule has 0 aliphatic heterocycles. The van der Waals surface area contributed by atoms with Crippen LogP contribution in [0.2, 0.25) is 0 Å². The molecule has 1 unspecified atom stereocenters. The molecule has 1 aliphatic rings. The molecule has 1 atom stereocenters. The van der Waals surface area contributed by atoms with Gasteiger partial charge in [0.15, 0.2) is 0 Å². The smallest absolute Gasteiger partial charge is 0.123 e. The molecule has 0 bridgehead atoms. The van der Waals surface area contributed by atoms with Crippen molar-refractivity contribution >= 4 is 0 Å². The van der Waals surface area contributed by atoms with Crippen molar-refractivity contribution in [3.63, 3.8) is 0 Å². The Morgan fingerprint density at radius 2 is 2.06 bits per heavy atom. The second kappa shape index (κ2) is 5.83. The lowest BCUT2D eigenvalue weighted by molar-refractivity contribution is 0.0445. The summed E-state index contributed by atoms with van der Waals surface area (Å²) in [6.07, 6.45) is 7.77. The average molecular weight is 250 g/mol. The van der Waals surface area contributed by atoms with E-state index in [0.29, 0.717) is 6.42 Å². The monoisotopic (exact) mass is 250 g/mol. The molecule has 1 nitrogen and oxygen atoms in total. The highest BCUT2D eigenvalue weighted by Gasteiger charge is 2.24. The van der Waals surface area contributed by atoms with Crippen LogP contribution in [0, 0.1) is 11.7 Å². The first-order valence-electron chi connectivity index (χ1n) is 7.02. The minimum Gasteiger partial charge on any atom is -0.390 e. The molecule has 1 fully saturated rings.